The Balaban J connectivity index is 1.59. The minimum Gasteiger partial charge on any atom is -0.310 e. The quantitative estimate of drug-likeness (QED) is 0.225. The summed E-state index contributed by atoms with van der Waals surface area (Å²) in [7, 11) is 0. The Kier molecular flexibility index (Phi) is 6.77. The lowest BCUT2D eigenvalue weighted by molar-refractivity contribution is 1.25. The first-order valence-electron chi connectivity index (χ1n) is 12.0. The van der Waals surface area contributed by atoms with Gasteiger partial charge in [-0.1, -0.05) is 86.0 Å². The number of nitrogens with zero attached hydrogens (tertiary/aromatic N) is 2. The maximum atomic E-state index is 3.95. The summed E-state index contributed by atoms with van der Waals surface area (Å²) in [6.45, 7) is 7.90. The highest BCUT2D eigenvalue weighted by molar-refractivity contribution is 5.82. The molecular formula is C34H28N2. The van der Waals surface area contributed by atoms with E-state index in [4.69, 9.17) is 0 Å². The van der Waals surface area contributed by atoms with Crippen LogP contribution in [-0.2, 0) is 0 Å². The Bertz CT molecular complexity index is 1340. The molecule has 174 valence electrons. The Morgan fingerprint density at radius 2 is 0.694 bits per heavy atom. The van der Waals surface area contributed by atoms with E-state index in [-0.39, 0.29) is 0 Å². The summed E-state index contributed by atoms with van der Waals surface area (Å²) in [5.41, 5.74) is 8.72. The van der Waals surface area contributed by atoms with Crippen LogP contribution in [0.2, 0.25) is 0 Å². The third kappa shape index (κ3) is 4.84. The summed E-state index contributed by atoms with van der Waals surface area (Å²) >= 11 is 0. The lowest BCUT2D eigenvalue weighted by Gasteiger charge is -2.28. The smallest absolute Gasteiger partial charge is 0.0467 e. The molecule has 5 rings (SSSR count). The fourth-order valence-corrected chi connectivity index (χ4v) is 4.38. The lowest BCUT2D eigenvalue weighted by atomic mass is 10.1. The standard InChI is InChI=1S/C34H28N2/c1-3-27-13-11-19-33(25-27)35(29-15-7-5-8-16-29)31-21-23-32(24-22-31)36(30-17-9-6-10-18-30)34-20-12-14-28(4-2)26-34/h3-26H,1-2H2. The molecule has 0 aliphatic heterocycles. The van der Waals surface area contributed by atoms with Gasteiger partial charge in [0.1, 0.15) is 0 Å². The van der Waals surface area contributed by atoms with Crippen LogP contribution in [0.15, 0.2) is 147 Å². The summed E-state index contributed by atoms with van der Waals surface area (Å²) < 4.78 is 0. The minimum absolute atomic E-state index is 1.08. The Hall–Kier alpha value is -4.82. The predicted molar refractivity (Wildman–Crippen MR) is 156 cm³/mol. The van der Waals surface area contributed by atoms with Gasteiger partial charge in [-0.15, -0.1) is 0 Å². The molecule has 0 radical (unpaired) electrons. The van der Waals surface area contributed by atoms with Gasteiger partial charge in [0, 0.05) is 34.1 Å². The van der Waals surface area contributed by atoms with Crippen molar-refractivity contribution < 1.29 is 0 Å². The van der Waals surface area contributed by atoms with Crippen LogP contribution in [0.25, 0.3) is 12.2 Å². The van der Waals surface area contributed by atoms with Gasteiger partial charge in [0.25, 0.3) is 0 Å². The zero-order valence-electron chi connectivity index (χ0n) is 20.2. The van der Waals surface area contributed by atoms with Crippen LogP contribution in [0.1, 0.15) is 11.1 Å². The SMILES string of the molecule is C=Cc1cccc(N(c2ccccc2)c2ccc(N(c3ccccc3)c3cccc(C=C)c3)cc2)c1. The van der Waals surface area contributed by atoms with E-state index in [1.807, 2.05) is 24.3 Å². The molecule has 0 saturated carbocycles. The predicted octanol–water partition coefficient (Wildman–Crippen LogP) is 9.91. The molecule has 2 heteroatoms. The van der Waals surface area contributed by atoms with Gasteiger partial charge in [0.15, 0.2) is 0 Å². The molecule has 0 atom stereocenters. The largest absolute Gasteiger partial charge is 0.310 e. The highest BCUT2D eigenvalue weighted by Crippen LogP contribution is 2.39. The molecule has 0 spiro atoms. The first kappa shape index (κ1) is 22.9. The molecule has 36 heavy (non-hydrogen) atoms. The van der Waals surface area contributed by atoms with Crippen molar-refractivity contribution in [1.29, 1.82) is 0 Å². The third-order valence-corrected chi connectivity index (χ3v) is 6.12. The number of rotatable bonds is 8. The van der Waals surface area contributed by atoms with Crippen molar-refractivity contribution in [2.24, 2.45) is 0 Å². The molecule has 0 amide bonds. The van der Waals surface area contributed by atoms with Crippen molar-refractivity contribution in [2.45, 2.75) is 0 Å². The van der Waals surface area contributed by atoms with Crippen LogP contribution in [-0.4, -0.2) is 0 Å². The van der Waals surface area contributed by atoms with E-state index < -0.39 is 0 Å². The van der Waals surface area contributed by atoms with Crippen LogP contribution in [0.4, 0.5) is 34.1 Å². The Labute approximate surface area is 213 Å². The molecule has 5 aromatic rings. The Morgan fingerprint density at radius 1 is 0.361 bits per heavy atom. The molecule has 0 N–H and O–H groups in total. The van der Waals surface area contributed by atoms with E-state index >= 15 is 0 Å². The van der Waals surface area contributed by atoms with Crippen LogP contribution in [0.5, 0.6) is 0 Å². The summed E-state index contributed by atoms with van der Waals surface area (Å²) in [5, 5.41) is 0. The molecule has 0 aliphatic rings. The lowest BCUT2D eigenvalue weighted by Crippen LogP contribution is -2.12. The molecule has 0 bridgehead atoms. The van der Waals surface area contributed by atoms with Crippen molar-refractivity contribution in [3.05, 3.63) is 158 Å². The second-order valence-corrected chi connectivity index (χ2v) is 8.46. The molecular weight excluding hydrogens is 436 g/mol. The van der Waals surface area contributed by atoms with Gasteiger partial charge >= 0.3 is 0 Å². The van der Waals surface area contributed by atoms with Crippen LogP contribution >= 0.6 is 0 Å². The second-order valence-electron chi connectivity index (χ2n) is 8.46. The van der Waals surface area contributed by atoms with Gasteiger partial charge in [-0.05, 0) is 83.9 Å². The molecule has 0 unspecified atom stereocenters. The van der Waals surface area contributed by atoms with Crippen molar-refractivity contribution in [3.8, 4) is 0 Å². The number of hydrogen-bond acceptors (Lipinski definition) is 2. The van der Waals surface area contributed by atoms with Crippen molar-refractivity contribution >= 4 is 46.3 Å². The highest BCUT2D eigenvalue weighted by Gasteiger charge is 2.16. The van der Waals surface area contributed by atoms with Gasteiger partial charge in [0.05, 0.1) is 0 Å². The van der Waals surface area contributed by atoms with Crippen LogP contribution in [0.3, 0.4) is 0 Å². The second kappa shape index (κ2) is 10.6. The molecule has 2 nitrogen and oxygen atoms in total. The molecule has 0 aliphatic carbocycles. The minimum atomic E-state index is 1.08. The Morgan fingerprint density at radius 3 is 1.06 bits per heavy atom. The number of hydrogen-bond donors (Lipinski definition) is 0. The molecule has 0 heterocycles. The van der Waals surface area contributed by atoms with Gasteiger partial charge < -0.3 is 9.80 Å². The van der Waals surface area contributed by atoms with Gasteiger partial charge in [-0.3, -0.25) is 0 Å². The van der Waals surface area contributed by atoms with Gasteiger partial charge in [-0.25, -0.2) is 0 Å². The first-order valence-corrected chi connectivity index (χ1v) is 12.0. The zero-order chi connectivity index (χ0) is 24.7. The monoisotopic (exact) mass is 464 g/mol. The summed E-state index contributed by atoms with van der Waals surface area (Å²) in [4.78, 5) is 4.53. The summed E-state index contributed by atoms with van der Waals surface area (Å²) in [6.07, 6.45) is 3.76. The number of para-hydroxylation sites is 2. The number of benzene rings is 5. The van der Waals surface area contributed by atoms with Crippen molar-refractivity contribution in [3.63, 3.8) is 0 Å². The fourth-order valence-electron chi connectivity index (χ4n) is 4.38. The third-order valence-electron chi connectivity index (χ3n) is 6.12. The highest BCUT2D eigenvalue weighted by atomic mass is 15.2. The average molecular weight is 465 g/mol. The summed E-state index contributed by atoms with van der Waals surface area (Å²) in [5.74, 6) is 0. The van der Waals surface area contributed by atoms with Crippen LogP contribution in [0, 0.1) is 0 Å². The van der Waals surface area contributed by atoms with E-state index in [2.05, 4.69) is 144 Å². The van der Waals surface area contributed by atoms with E-state index in [0.29, 0.717) is 0 Å². The molecule has 0 fully saturated rings. The zero-order valence-corrected chi connectivity index (χ0v) is 20.2. The first-order chi connectivity index (χ1) is 17.8. The van der Waals surface area contributed by atoms with E-state index in [1.165, 1.54) is 0 Å². The topological polar surface area (TPSA) is 6.48 Å². The molecule has 0 saturated heterocycles. The van der Waals surface area contributed by atoms with Gasteiger partial charge in [0.2, 0.25) is 0 Å². The maximum Gasteiger partial charge on any atom is 0.0467 e. The summed E-state index contributed by atoms with van der Waals surface area (Å²) in [6, 6.07) is 46.4. The molecule has 0 aromatic heterocycles. The fraction of sp³-hybridized carbons (Fsp3) is 0. The normalized spacial score (nSPS) is 10.4. The number of anilines is 6. The van der Waals surface area contributed by atoms with Gasteiger partial charge in [-0.2, -0.15) is 0 Å². The van der Waals surface area contributed by atoms with Crippen molar-refractivity contribution in [1.82, 2.24) is 0 Å². The van der Waals surface area contributed by atoms with E-state index in [0.717, 1.165) is 45.3 Å². The van der Waals surface area contributed by atoms with Crippen LogP contribution < -0.4 is 9.80 Å². The van der Waals surface area contributed by atoms with E-state index in [1.54, 1.807) is 0 Å². The maximum absolute atomic E-state index is 3.95. The molecule has 5 aromatic carbocycles. The van der Waals surface area contributed by atoms with Crippen molar-refractivity contribution in [2.75, 3.05) is 9.80 Å². The van der Waals surface area contributed by atoms with E-state index in [9.17, 15) is 0 Å². The average Bonchev–Trinajstić information content (AvgIpc) is 2.96.